The minimum atomic E-state index is -1.27. The highest BCUT2D eigenvalue weighted by atomic mass is 35.5. The minimum Gasteiger partial charge on any atom is -0.477 e. The molecule has 0 unspecified atom stereocenters. The molecule has 0 saturated carbocycles. The molecule has 4 nitrogen and oxygen atoms in total. The van der Waals surface area contributed by atoms with Gasteiger partial charge in [0.25, 0.3) is 0 Å². The molecule has 2 aromatic carbocycles. The number of aromatic nitrogens is 1. The van der Waals surface area contributed by atoms with E-state index in [1.807, 2.05) is 42.7 Å². The average Bonchev–Trinajstić information content (AvgIpc) is 2.65. The fraction of sp³-hybridized carbons (Fsp3) is 0.182. The number of carboxylic acids is 1. The van der Waals surface area contributed by atoms with Crippen molar-refractivity contribution in [1.82, 2.24) is 4.57 Å². The summed E-state index contributed by atoms with van der Waals surface area (Å²) in [6.45, 7) is 4.42. The number of hydrogen-bond donors (Lipinski definition) is 1. The topological polar surface area (TPSA) is 59.3 Å². The van der Waals surface area contributed by atoms with E-state index in [-0.39, 0.29) is 5.56 Å². The molecule has 0 aliphatic carbocycles. The van der Waals surface area contributed by atoms with Gasteiger partial charge in [-0.15, -0.1) is 0 Å². The van der Waals surface area contributed by atoms with Crippen LogP contribution in [0.15, 0.2) is 53.3 Å². The van der Waals surface area contributed by atoms with Crippen molar-refractivity contribution in [2.75, 3.05) is 0 Å². The summed E-state index contributed by atoms with van der Waals surface area (Å²) >= 11 is 12.2. The van der Waals surface area contributed by atoms with Crippen molar-refractivity contribution in [3.63, 3.8) is 0 Å². The van der Waals surface area contributed by atoms with E-state index in [4.69, 9.17) is 23.2 Å². The molecule has 0 aliphatic rings. The molecule has 144 valence electrons. The van der Waals surface area contributed by atoms with Gasteiger partial charge in [-0.1, -0.05) is 59.1 Å². The minimum absolute atomic E-state index is 0.270. The smallest absolute Gasteiger partial charge is 0.341 e. The van der Waals surface area contributed by atoms with E-state index >= 15 is 0 Å². The largest absolute Gasteiger partial charge is 0.477 e. The SMILES string of the molecule is CCn1c(Cc2ccc(C)cc2)cc(=O)c(C(=O)O)c1-c1ccc(Cl)c(Cl)c1. The van der Waals surface area contributed by atoms with Gasteiger partial charge in [0.2, 0.25) is 0 Å². The second kappa shape index (κ2) is 8.21. The summed E-state index contributed by atoms with van der Waals surface area (Å²) in [6.07, 6.45) is 0.511. The number of aryl methyl sites for hydroxylation is 1. The lowest BCUT2D eigenvalue weighted by Gasteiger charge is -2.20. The quantitative estimate of drug-likeness (QED) is 0.603. The lowest BCUT2D eigenvalue weighted by molar-refractivity contribution is 0.0695. The van der Waals surface area contributed by atoms with Crippen LogP contribution >= 0.6 is 23.2 Å². The molecular formula is C22H19Cl2NO3. The number of rotatable bonds is 5. The Balaban J connectivity index is 2.26. The summed E-state index contributed by atoms with van der Waals surface area (Å²) in [7, 11) is 0. The summed E-state index contributed by atoms with van der Waals surface area (Å²) in [5, 5.41) is 10.4. The number of aromatic carboxylic acids is 1. The van der Waals surface area contributed by atoms with Crippen LogP contribution in [0.25, 0.3) is 11.3 Å². The number of carboxylic acid groups (broad SMARTS) is 1. The monoisotopic (exact) mass is 415 g/mol. The standard InChI is InChI=1S/C22H19Cl2NO3/c1-3-25-16(10-14-6-4-13(2)5-7-14)12-19(26)20(22(27)28)21(25)15-8-9-17(23)18(24)11-15/h4-9,11-12H,3,10H2,1-2H3,(H,27,28). The van der Waals surface area contributed by atoms with E-state index in [2.05, 4.69) is 0 Å². The third kappa shape index (κ3) is 3.98. The maximum atomic E-state index is 12.7. The van der Waals surface area contributed by atoms with Gasteiger partial charge < -0.3 is 9.67 Å². The van der Waals surface area contributed by atoms with Crippen molar-refractivity contribution < 1.29 is 9.90 Å². The second-order valence-electron chi connectivity index (χ2n) is 6.56. The van der Waals surface area contributed by atoms with Crippen molar-refractivity contribution in [3.05, 3.63) is 91.2 Å². The summed E-state index contributed by atoms with van der Waals surface area (Å²) in [6, 6.07) is 14.3. The summed E-state index contributed by atoms with van der Waals surface area (Å²) < 4.78 is 1.85. The van der Waals surface area contributed by atoms with Gasteiger partial charge in [0, 0.05) is 30.3 Å². The molecule has 0 atom stereocenters. The molecule has 0 aliphatic heterocycles. The average molecular weight is 416 g/mol. The molecule has 3 rings (SSSR count). The molecular weight excluding hydrogens is 397 g/mol. The van der Waals surface area contributed by atoms with Crippen LogP contribution < -0.4 is 5.43 Å². The highest BCUT2D eigenvalue weighted by Crippen LogP contribution is 2.31. The number of pyridine rings is 1. The van der Waals surface area contributed by atoms with Gasteiger partial charge in [-0.3, -0.25) is 4.79 Å². The molecule has 0 radical (unpaired) electrons. The molecule has 28 heavy (non-hydrogen) atoms. The van der Waals surface area contributed by atoms with Crippen molar-refractivity contribution in [2.24, 2.45) is 0 Å². The van der Waals surface area contributed by atoms with E-state index in [0.717, 1.165) is 16.8 Å². The zero-order chi connectivity index (χ0) is 20.4. The summed E-state index contributed by atoms with van der Waals surface area (Å²) in [4.78, 5) is 24.6. The van der Waals surface area contributed by atoms with Crippen molar-refractivity contribution in [2.45, 2.75) is 26.8 Å². The zero-order valence-electron chi connectivity index (χ0n) is 15.5. The van der Waals surface area contributed by atoms with Crippen molar-refractivity contribution in [3.8, 4) is 11.3 Å². The highest BCUT2D eigenvalue weighted by molar-refractivity contribution is 6.42. The first-order valence-corrected chi connectivity index (χ1v) is 9.58. The molecule has 1 aromatic heterocycles. The van der Waals surface area contributed by atoms with E-state index in [0.29, 0.717) is 34.3 Å². The Labute approximate surface area is 173 Å². The number of hydrogen-bond acceptors (Lipinski definition) is 2. The summed E-state index contributed by atoms with van der Waals surface area (Å²) in [5.41, 5.74) is 3.00. The fourth-order valence-electron chi connectivity index (χ4n) is 3.27. The molecule has 0 fully saturated rings. The normalized spacial score (nSPS) is 10.9. The van der Waals surface area contributed by atoms with Crippen LogP contribution in [-0.2, 0) is 13.0 Å². The first kappa shape index (κ1) is 20.2. The third-order valence-electron chi connectivity index (χ3n) is 4.63. The van der Waals surface area contributed by atoms with Crippen LogP contribution in [0.5, 0.6) is 0 Å². The van der Waals surface area contributed by atoms with Crippen LogP contribution in [0, 0.1) is 6.92 Å². The first-order valence-electron chi connectivity index (χ1n) is 8.82. The van der Waals surface area contributed by atoms with Gasteiger partial charge >= 0.3 is 5.97 Å². The van der Waals surface area contributed by atoms with Gasteiger partial charge in [0.15, 0.2) is 5.43 Å². The van der Waals surface area contributed by atoms with E-state index in [9.17, 15) is 14.7 Å². The number of benzene rings is 2. The van der Waals surface area contributed by atoms with E-state index in [1.165, 1.54) is 6.07 Å². The third-order valence-corrected chi connectivity index (χ3v) is 5.37. The van der Waals surface area contributed by atoms with Gasteiger partial charge in [-0.05, 0) is 31.5 Å². The zero-order valence-corrected chi connectivity index (χ0v) is 17.0. The second-order valence-corrected chi connectivity index (χ2v) is 7.38. The molecule has 3 aromatic rings. The molecule has 0 amide bonds. The van der Waals surface area contributed by atoms with E-state index < -0.39 is 11.4 Å². The Morgan fingerprint density at radius 3 is 2.29 bits per heavy atom. The van der Waals surface area contributed by atoms with Gasteiger partial charge in [-0.25, -0.2) is 4.79 Å². The van der Waals surface area contributed by atoms with Crippen molar-refractivity contribution in [1.29, 1.82) is 0 Å². The van der Waals surface area contributed by atoms with Gasteiger partial charge in [-0.2, -0.15) is 0 Å². The molecule has 1 heterocycles. The van der Waals surface area contributed by atoms with Crippen LogP contribution in [-0.4, -0.2) is 15.6 Å². The van der Waals surface area contributed by atoms with E-state index in [1.54, 1.807) is 18.2 Å². The Hall–Kier alpha value is -2.56. The maximum Gasteiger partial charge on any atom is 0.341 e. The van der Waals surface area contributed by atoms with Crippen LogP contribution in [0.4, 0.5) is 0 Å². The Morgan fingerprint density at radius 2 is 1.71 bits per heavy atom. The predicted octanol–water partition coefficient (Wildman–Crippen LogP) is 5.44. The summed E-state index contributed by atoms with van der Waals surface area (Å²) in [5.74, 6) is -1.27. The first-order chi connectivity index (χ1) is 13.3. The van der Waals surface area contributed by atoms with Crippen LogP contribution in [0.1, 0.15) is 34.1 Å². The lowest BCUT2D eigenvalue weighted by atomic mass is 10.0. The Morgan fingerprint density at radius 1 is 1.04 bits per heavy atom. The van der Waals surface area contributed by atoms with Crippen molar-refractivity contribution >= 4 is 29.2 Å². The van der Waals surface area contributed by atoms with Crippen LogP contribution in [0.2, 0.25) is 10.0 Å². The van der Waals surface area contributed by atoms with Gasteiger partial charge in [0.05, 0.1) is 15.7 Å². The highest BCUT2D eigenvalue weighted by Gasteiger charge is 2.22. The van der Waals surface area contributed by atoms with Gasteiger partial charge in [0.1, 0.15) is 5.56 Å². The number of carbonyl (C=O) groups is 1. The Bertz CT molecular complexity index is 1100. The molecule has 0 spiro atoms. The predicted molar refractivity (Wildman–Crippen MR) is 113 cm³/mol. The fourth-order valence-corrected chi connectivity index (χ4v) is 3.57. The lowest BCUT2D eigenvalue weighted by Crippen LogP contribution is -2.23. The molecule has 0 saturated heterocycles. The van der Waals surface area contributed by atoms with Crippen LogP contribution in [0.3, 0.4) is 0 Å². The molecule has 0 bridgehead atoms. The number of nitrogens with zero attached hydrogens (tertiary/aromatic N) is 1. The number of halogens is 2. The Kier molecular flexibility index (Phi) is 5.92. The molecule has 6 heteroatoms. The maximum absolute atomic E-state index is 12.7. The molecule has 1 N–H and O–H groups in total.